The Morgan fingerprint density at radius 3 is 2.10 bits per heavy atom. The fourth-order valence-electron chi connectivity index (χ4n) is 5.80. The molecule has 0 aromatic heterocycles. The molecule has 4 aliphatic rings. The van der Waals surface area contributed by atoms with Gasteiger partial charge in [0, 0.05) is 17.1 Å². The summed E-state index contributed by atoms with van der Waals surface area (Å²) in [6, 6.07) is 9.40. The topological polar surface area (TPSA) is 12.0 Å². The Kier molecular flexibility index (Phi) is 3.66. The Bertz CT molecular complexity index is 472. The van der Waals surface area contributed by atoms with Crippen LogP contribution < -0.4 is 5.32 Å². The van der Waals surface area contributed by atoms with E-state index in [2.05, 4.69) is 52.4 Å². The van der Waals surface area contributed by atoms with Crippen molar-refractivity contribution in [2.45, 2.75) is 58.0 Å². The molecule has 1 aromatic rings. The number of rotatable bonds is 4. The van der Waals surface area contributed by atoms with E-state index in [1.54, 1.807) is 0 Å². The minimum absolute atomic E-state index is 0.615. The van der Waals surface area contributed by atoms with Crippen molar-refractivity contribution in [1.82, 2.24) is 5.32 Å². The molecule has 5 rings (SSSR count). The molecule has 4 bridgehead atoms. The van der Waals surface area contributed by atoms with Gasteiger partial charge in [-0.05, 0) is 86.3 Å². The first-order valence-corrected chi connectivity index (χ1v) is 9.40. The smallest absolute Gasteiger partial charge is 0.0208 e. The zero-order chi connectivity index (χ0) is 14.4. The molecule has 0 heterocycles. The third-order valence-corrected chi connectivity index (χ3v) is 7.06. The summed E-state index contributed by atoms with van der Waals surface area (Å²) >= 11 is 3.51. The summed E-state index contributed by atoms with van der Waals surface area (Å²) in [5.74, 6) is 3.15. The molecule has 1 atom stereocenters. The van der Waals surface area contributed by atoms with Gasteiger partial charge >= 0.3 is 0 Å². The van der Waals surface area contributed by atoms with Crippen LogP contribution in [0.4, 0.5) is 0 Å². The van der Waals surface area contributed by atoms with E-state index < -0.39 is 0 Å². The van der Waals surface area contributed by atoms with Crippen LogP contribution in [0.15, 0.2) is 28.7 Å². The lowest BCUT2D eigenvalue weighted by Gasteiger charge is -2.59. The van der Waals surface area contributed by atoms with E-state index in [9.17, 15) is 0 Å². The Morgan fingerprint density at radius 1 is 1.05 bits per heavy atom. The highest BCUT2D eigenvalue weighted by atomic mass is 79.9. The molecule has 4 fully saturated rings. The van der Waals surface area contributed by atoms with Gasteiger partial charge in [0.2, 0.25) is 0 Å². The SMILES string of the molecule is CC(NCc1ccc(Br)cc1)C12CC3CC(CC(C3)C1)C2. The summed E-state index contributed by atoms with van der Waals surface area (Å²) < 4.78 is 1.17. The Morgan fingerprint density at radius 2 is 1.57 bits per heavy atom. The molecule has 0 saturated heterocycles. The predicted octanol–water partition coefficient (Wildman–Crippen LogP) is 5.14. The maximum absolute atomic E-state index is 3.86. The minimum Gasteiger partial charge on any atom is -0.310 e. The Labute approximate surface area is 137 Å². The highest BCUT2D eigenvalue weighted by Crippen LogP contribution is 2.61. The van der Waals surface area contributed by atoms with Crippen LogP contribution in [0.5, 0.6) is 0 Å². The average Bonchev–Trinajstić information content (AvgIpc) is 2.45. The van der Waals surface area contributed by atoms with Crippen molar-refractivity contribution >= 4 is 15.9 Å². The second-order valence-electron chi connectivity index (χ2n) is 8.01. The van der Waals surface area contributed by atoms with Gasteiger partial charge < -0.3 is 5.32 Å². The summed E-state index contributed by atoms with van der Waals surface area (Å²) in [5, 5.41) is 3.86. The molecular formula is C19H26BrN. The molecule has 1 nitrogen and oxygen atoms in total. The molecule has 0 spiro atoms. The van der Waals surface area contributed by atoms with Crippen LogP contribution in [0.25, 0.3) is 0 Å². The van der Waals surface area contributed by atoms with E-state index in [0.29, 0.717) is 11.5 Å². The Hall–Kier alpha value is -0.340. The maximum Gasteiger partial charge on any atom is 0.0208 e. The molecule has 0 radical (unpaired) electrons. The number of benzene rings is 1. The van der Waals surface area contributed by atoms with Gasteiger partial charge in [0.25, 0.3) is 0 Å². The first kappa shape index (κ1) is 14.3. The van der Waals surface area contributed by atoms with Crippen molar-refractivity contribution in [3.05, 3.63) is 34.3 Å². The lowest BCUT2D eigenvalue weighted by atomic mass is 9.48. The summed E-state index contributed by atoms with van der Waals surface area (Å²) in [7, 11) is 0. The van der Waals surface area contributed by atoms with Crippen molar-refractivity contribution in [3.8, 4) is 0 Å². The predicted molar refractivity (Wildman–Crippen MR) is 91.0 cm³/mol. The van der Waals surface area contributed by atoms with Gasteiger partial charge in [0.1, 0.15) is 0 Å². The number of halogens is 1. The molecule has 21 heavy (non-hydrogen) atoms. The lowest BCUT2D eigenvalue weighted by Crippen LogP contribution is -2.54. The van der Waals surface area contributed by atoms with Gasteiger partial charge in [0.05, 0.1) is 0 Å². The van der Waals surface area contributed by atoms with Crippen LogP contribution in [0.1, 0.15) is 51.0 Å². The average molecular weight is 348 g/mol. The second kappa shape index (κ2) is 5.38. The molecule has 0 aliphatic heterocycles. The fraction of sp³-hybridized carbons (Fsp3) is 0.684. The molecule has 114 valence electrons. The van der Waals surface area contributed by atoms with Crippen LogP contribution in [-0.4, -0.2) is 6.04 Å². The summed E-state index contributed by atoms with van der Waals surface area (Å²) in [5.41, 5.74) is 2.01. The van der Waals surface area contributed by atoms with Crippen molar-refractivity contribution in [3.63, 3.8) is 0 Å². The largest absolute Gasteiger partial charge is 0.310 e. The van der Waals surface area contributed by atoms with Gasteiger partial charge in [-0.3, -0.25) is 0 Å². The Balaban J connectivity index is 1.42. The molecule has 1 N–H and O–H groups in total. The van der Waals surface area contributed by atoms with Crippen LogP contribution in [-0.2, 0) is 6.54 Å². The van der Waals surface area contributed by atoms with Crippen molar-refractivity contribution in [2.75, 3.05) is 0 Å². The van der Waals surface area contributed by atoms with Crippen LogP contribution in [0.3, 0.4) is 0 Å². The van der Waals surface area contributed by atoms with E-state index in [-0.39, 0.29) is 0 Å². The van der Waals surface area contributed by atoms with Crippen molar-refractivity contribution < 1.29 is 0 Å². The third kappa shape index (κ3) is 2.70. The second-order valence-corrected chi connectivity index (χ2v) is 8.92. The highest BCUT2D eigenvalue weighted by Gasteiger charge is 2.52. The quantitative estimate of drug-likeness (QED) is 0.794. The summed E-state index contributed by atoms with van der Waals surface area (Å²) in [6.45, 7) is 3.46. The molecular weight excluding hydrogens is 322 g/mol. The van der Waals surface area contributed by atoms with Crippen LogP contribution >= 0.6 is 15.9 Å². The summed E-state index contributed by atoms with van der Waals surface area (Å²) in [6.07, 6.45) is 9.10. The number of nitrogens with one attached hydrogen (secondary N) is 1. The van der Waals surface area contributed by atoms with E-state index in [4.69, 9.17) is 0 Å². The molecule has 1 unspecified atom stereocenters. The zero-order valence-electron chi connectivity index (χ0n) is 12.9. The zero-order valence-corrected chi connectivity index (χ0v) is 14.5. The highest BCUT2D eigenvalue weighted by molar-refractivity contribution is 9.10. The standard InChI is InChI=1S/C19H26BrN/c1-13(21-12-14-2-4-18(20)5-3-14)19-9-15-6-16(10-19)8-17(7-15)11-19/h2-5,13,15-17,21H,6-12H2,1H3. The first-order valence-electron chi connectivity index (χ1n) is 8.61. The molecule has 0 amide bonds. The van der Waals surface area contributed by atoms with Gasteiger partial charge in [0.15, 0.2) is 0 Å². The van der Waals surface area contributed by atoms with E-state index in [1.807, 2.05) is 0 Å². The van der Waals surface area contributed by atoms with Gasteiger partial charge in [-0.15, -0.1) is 0 Å². The number of hydrogen-bond acceptors (Lipinski definition) is 1. The van der Waals surface area contributed by atoms with E-state index >= 15 is 0 Å². The molecule has 4 aliphatic carbocycles. The number of hydrogen-bond donors (Lipinski definition) is 1. The van der Waals surface area contributed by atoms with E-state index in [0.717, 1.165) is 24.3 Å². The molecule has 2 heteroatoms. The van der Waals surface area contributed by atoms with Crippen molar-refractivity contribution in [2.24, 2.45) is 23.2 Å². The van der Waals surface area contributed by atoms with Crippen molar-refractivity contribution in [1.29, 1.82) is 0 Å². The molecule has 1 aromatic carbocycles. The summed E-state index contributed by atoms with van der Waals surface area (Å²) in [4.78, 5) is 0. The lowest BCUT2D eigenvalue weighted by molar-refractivity contribution is -0.0706. The fourth-order valence-corrected chi connectivity index (χ4v) is 6.06. The normalized spacial score (nSPS) is 38.7. The minimum atomic E-state index is 0.615. The van der Waals surface area contributed by atoms with Crippen LogP contribution in [0.2, 0.25) is 0 Å². The molecule has 4 saturated carbocycles. The van der Waals surface area contributed by atoms with Gasteiger partial charge in [-0.1, -0.05) is 28.1 Å². The van der Waals surface area contributed by atoms with Gasteiger partial charge in [-0.25, -0.2) is 0 Å². The van der Waals surface area contributed by atoms with E-state index in [1.165, 1.54) is 48.6 Å². The first-order chi connectivity index (χ1) is 10.1. The third-order valence-electron chi connectivity index (χ3n) is 6.53. The maximum atomic E-state index is 3.86. The monoisotopic (exact) mass is 347 g/mol. The van der Waals surface area contributed by atoms with Crippen LogP contribution in [0, 0.1) is 23.2 Å². The van der Waals surface area contributed by atoms with Gasteiger partial charge in [-0.2, -0.15) is 0 Å².